The Bertz CT molecular complexity index is 874. The molecule has 0 radical (unpaired) electrons. The van der Waals surface area contributed by atoms with Crippen molar-refractivity contribution < 1.29 is 13.2 Å². The third kappa shape index (κ3) is 5.08. The molecular formula is C20H26N2O3S. The number of hydrogen-bond donors (Lipinski definition) is 2. The second-order valence-electron chi connectivity index (χ2n) is 6.61. The molecule has 0 aliphatic rings. The van der Waals surface area contributed by atoms with Gasteiger partial charge in [0.05, 0.1) is 4.90 Å². The van der Waals surface area contributed by atoms with Crippen LogP contribution in [0.15, 0.2) is 47.4 Å². The number of carbonyl (C=O) groups is 1. The molecule has 2 N–H and O–H groups in total. The van der Waals surface area contributed by atoms with Crippen LogP contribution in [-0.4, -0.2) is 20.4 Å². The zero-order chi connectivity index (χ0) is 19.3. The van der Waals surface area contributed by atoms with Crippen molar-refractivity contribution in [3.05, 3.63) is 59.2 Å². The fourth-order valence-electron chi connectivity index (χ4n) is 2.67. The summed E-state index contributed by atoms with van der Waals surface area (Å²) in [5.41, 5.74) is 2.45. The van der Waals surface area contributed by atoms with Crippen molar-refractivity contribution in [3.63, 3.8) is 0 Å². The number of carbonyl (C=O) groups excluding carboxylic acids is 1. The van der Waals surface area contributed by atoms with Crippen LogP contribution in [0.5, 0.6) is 0 Å². The molecule has 1 atom stereocenters. The van der Waals surface area contributed by atoms with E-state index in [4.69, 9.17) is 0 Å². The van der Waals surface area contributed by atoms with Gasteiger partial charge < -0.3 is 5.32 Å². The first-order chi connectivity index (χ1) is 12.2. The standard InChI is InChI=1S/C20H26N2O3S/c1-5-6-16(4)21-20(23)17-10-9-15(3)19(13-17)26(24,25)22-18-11-7-14(2)8-12-18/h7-13,16,22H,5-6H2,1-4H3,(H,21,23)/t16-/m1/s1. The Hall–Kier alpha value is -2.34. The zero-order valence-electron chi connectivity index (χ0n) is 15.7. The zero-order valence-corrected chi connectivity index (χ0v) is 16.5. The molecule has 5 nitrogen and oxygen atoms in total. The molecule has 0 bridgehead atoms. The molecule has 0 unspecified atom stereocenters. The number of aryl methyl sites for hydroxylation is 2. The lowest BCUT2D eigenvalue weighted by atomic mass is 10.1. The average molecular weight is 375 g/mol. The van der Waals surface area contributed by atoms with Gasteiger partial charge in [0.2, 0.25) is 0 Å². The first kappa shape index (κ1) is 20.0. The summed E-state index contributed by atoms with van der Waals surface area (Å²) in [5, 5.41) is 2.90. The second kappa shape index (κ2) is 8.36. The monoisotopic (exact) mass is 374 g/mol. The van der Waals surface area contributed by atoms with Gasteiger partial charge in [-0.3, -0.25) is 9.52 Å². The minimum Gasteiger partial charge on any atom is -0.350 e. The van der Waals surface area contributed by atoms with Gasteiger partial charge in [-0.05, 0) is 57.0 Å². The second-order valence-corrected chi connectivity index (χ2v) is 8.27. The highest BCUT2D eigenvalue weighted by molar-refractivity contribution is 7.92. The van der Waals surface area contributed by atoms with Crippen LogP contribution in [0, 0.1) is 13.8 Å². The summed E-state index contributed by atoms with van der Waals surface area (Å²) in [6, 6.07) is 11.9. The number of rotatable bonds is 7. The van der Waals surface area contributed by atoms with Crippen molar-refractivity contribution in [1.82, 2.24) is 5.32 Å². The molecule has 0 heterocycles. The molecule has 0 aliphatic carbocycles. The number of amides is 1. The topological polar surface area (TPSA) is 75.3 Å². The van der Waals surface area contributed by atoms with E-state index in [1.807, 2.05) is 26.0 Å². The SMILES string of the molecule is CCC[C@@H](C)NC(=O)c1ccc(C)c(S(=O)(=O)Nc2ccc(C)cc2)c1. The van der Waals surface area contributed by atoms with Gasteiger partial charge in [-0.15, -0.1) is 0 Å². The first-order valence-corrected chi connectivity index (χ1v) is 10.2. The van der Waals surface area contributed by atoms with Gasteiger partial charge >= 0.3 is 0 Å². The van der Waals surface area contributed by atoms with Crippen molar-refractivity contribution in [2.24, 2.45) is 0 Å². The van der Waals surface area contributed by atoms with Crippen LogP contribution in [0.25, 0.3) is 0 Å². The Morgan fingerprint density at radius 3 is 2.35 bits per heavy atom. The van der Waals surface area contributed by atoms with Crippen LogP contribution < -0.4 is 10.0 Å². The van der Waals surface area contributed by atoms with Gasteiger partial charge in [-0.2, -0.15) is 0 Å². The van der Waals surface area contributed by atoms with E-state index in [-0.39, 0.29) is 16.8 Å². The molecule has 6 heteroatoms. The van der Waals surface area contributed by atoms with Crippen molar-refractivity contribution in [1.29, 1.82) is 0 Å². The predicted molar refractivity (Wildman–Crippen MR) is 105 cm³/mol. The summed E-state index contributed by atoms with van der Waals surface area (Å²) in [5.74, 6) is -0.266. The van der Waals surface area contributed by atoms with Gasteiger partial charge in [-0.1, -0.05) is 37.1 Å². The van der Waals surface area contributed by atoms with Gasteiger partial charge in [0.25, 0.3) is 15.9 Å². The Kier molecular flexibility index (Phi) is 6.42. The normalized spacial score (nSPS) is 12.5. The highest BCUT2D eigenvalue weighted by Crippen LogP contribution is 2.21. The predicted octanol–water partition coefficient (Wildman–Crippen LogP) is 4.02. The highest BCUT2D eigenvalue weighted by Gasteiger charge is 2.20. The lowest BCUT2D eigenvalue weighted by Crippen LogP contribution is -2.32. The van der Waals surface area contributed by atoms with E-state index in [9.17, 15) is 13.2 Å². The Labute approximate surface area is 155 Å². The molecule has 26 heavy (non-hydrogen) atoms. The van der Waals surface area contributed by atoms with Gasteiger partial charge in [0, 0.05) is 17.3 Å². The van der Waals surface area contributed by atoms with E-state index in [0.717, 1.165) is 18.4 Å². The first-order valence-electron chi connectivity index (χ1n) is 8.74. The largest absolute Gasteiger partial charge is 0.350 e. The van der Waals surface area contributed by atoms with Crippen LogP contribution in [0.4, 0.5) is 5.69 Å². The van der Waals surface area contributed by atoms with Gasteiger partial charge in [0.1, 0.15) is 0 Å². The van der Waals surface area contributed by atoms with Gasteiger partial charge in [-0.25, -0.2) is 8.42 Å². The fraction of sp³-hybridized carbons (Fsp3) is 0.350. The summed E-state index contributed by atoms with van der Waals surface area (Å²) in [4.78, 5) is 12.5. The summed E-state index contributed by atoms with van der Waals surface area (Å²) < 4.78 is 28.1. The van der Waals surface area contributed by atoms with Crippen LogP contribution in [0.2, 0.25) is 0 Å². The average Bonchev–Trinajstić information content (AvgIpc) is 2.57. The number of anilines is 1. The van der Waals surface area contributed by atoms with Crippen molar-refractivity contribution in [2.75, 3.05) is 4.72 Å². The number of nitrogens with one attached hydrogen (secondary N) is 2. The van der Waals surface area contributed by atoms with Gasteiger partial charge in [0.15, 0.2) is 0 Å². The van der Waals surface area contributed by atoms with E-state index in [1.165, 1.54) is 6.07 Å². The molecule has 0 saturated carbocycles. The van der Waals surface area contributed by atoms with Crippen LogP contribution >= 0.6 is 0 Å². The molecule has 2 aromatic rings. The maximum atomic E-state index is 12.8. The fourth-order valence-corrected chi connectivity index (χ4v) is 4.01. The van der Waals surface area contributed by atoms with E-state index < -0.39 is 10.0 Å². The molecule has 140 valence electrons. The molecule has 2 rings (SSSR count). The minimum atomic E-state index is -3.78. The summed E-state index contributed by atoms with van der Waals surface area (Å²) >= 11 is 0. The quantitative estimate of drug-likeness (QED) is 0.768. The van der Waals surface area contributed by atoms with Crippen LogP contribution in [0.1, 0.15) is 48.2 Å². The Morgan fingerprint density at radius 2 is 1.73 bits per heavy atom. The van der Waals surface area contributed by atoms with E-state index in [0.29, 0.717) is 16.8 Å². The molecule has 1 amide bonds. The lowest BCUT2D eigenvalue weighted by Gasteiger charge is -2.15. The van der Waals surface area contributed by atoms with E-state index in [2.05, 4.69) is 17.0 Å². The van der Waals surface area contributed by atoms with Crippen LogP contribution in [-0.2, 0) is 10.0 Å². The van der Waals surface area contributed by atoms with Crippen molar-refractivity contribution in [2.45, 2.75) is 51.5 Å². The molecule has 2 aromatic carbocycles. The number of hydrogen-bond acceptors (Lipinski definition) is 3. The van der Waals surface area contributed by atoms with Crippen LogP contribution in [0.3, 0.4) is 0 Å². The van der Waals surface area contributed by atoms with Crippen molar-refractivity contribution in [3.8, 4) is 0 Å². The maximum absolute atomic E-state index is 12.8. The maximum Gasteiger partial charge on any atom is 0.262 e. The Balaban J connectivity index is 2.27. The minimum absolute atomic E-state index is 0.0412. The van der Waals surface area contributed by atoms with Crippen molar-refractivity contribution >= 4 is 21.6 Å². The summed E-state index contributed by atoms with van der Waals surface area (Å²) in [6.45, 7) is 7.64. The van der Waals surface area contributed by atoms with E-state index in [1.54, 1.807) is 31.2 Å². The summed E-state index contributed by atoms with van der Waals surface area (Å²) in [7, 11) is -3.78. The Morgan fingerprint density at radius 1 is 1.08 bits per heavy atom. The molecule has 0 spiro atoms. The number of sulfonamides is 1. The third-order valence-corrected chi connectivity index (χ3v) is 5.67. The molecule has 0 fully saturated rings. The summed E-state index contributed by atoms with van der Waals surface area (Å²) in [6.07, 6.45) is 1.84. The highest BCUT2D eigenvalue weighted by atomic mass is 32.2. The third-order valence-electron chi connectivity index (χ3n) is 4.14. The molecular weight excluding hydrogens is 348 g/mol. The molecule has 0 aromatic heterocycles. The number of benzene rings is 2. The lowest BCUT2D eigenvalue weighted by molar-refractivity contribution is 0.0938. The molecule has 0 saturated heterocycles. The molecule has 0 aliphatic heterocycles. The van der Waals surface area contributed by atoms with E-state index >= 15 is 0 Å². The smallest absolute Gasteiger partial charge is 0.262 e.